The third-order valence-corrected chi connectivity index (χ3v) is 4.14. The molecule has 0 aliphatic heterocycles. The van der Waals surface area contributed by atoms with Gasteiger partial charge in [0.15, 0.2) is 0 Å². The highest BCUT2D eigenvalue weighted by atomic mass is 79.9. The van der Waals surface area contributed by atoms with Crippen LogP contribution in [0, 0.1) is 6.92 Å². The van der Waals surface area contributed by atoms with E-state index in [1.54, 1.807) is 6.20 Å². The number of nitrogens with one attached hydrogen (secondary N) is 1. The summed E-state index contributed by atoms with van der Waals surface area (Å²) in [4.78, 5) is 16.6. The number of nitrogens with zero attached hydrogens (tertiary/aromatic N) is 1. The third kappa shape index (κ3) is 2.95. The van der Waals surface area contributed by atoms with Crippen LogP contribution in [0.25, 0.3) is 10.9 Å². The number of benzene rings is 2. The molecular formula is C17H13BrN2O. The Kier molecular flexibility index (Phi) is 3.71. The second kappa shape index (κ2) is 5.66. The number of rotatable bonds is 2. The molecule has 0 saturated heterocycles. The minimum absolute atomic E-state index is 0.146. The Labute approximate surface area is 131 Å². The van der Waals surface area contributed by atoms with Crippen LogP contribution in [0.3, 0.4) is 0 Å². The lowest BCUT2D eigenvalue weighted by atomic mass is 10.1. The summed E-state index contributed by atoms with van der Waals surface area (Å²) in [6.07, 6.45) is 1.67. The molecule has 0 spiro atoms. The fourth-order valence-electron chi connectivity index (χ4n) is 2.08. The van der Waals surface area contributed by atoms with Crippen LogP contribution in [0.5, 0.6) is 0 Å². The monoisotopic (exact) mass is 340 g/mol. The normalized spacial score (nSPS) is 10.6. The SMILES string of the molecule is Cc1ccc(C(=O)Nc2cnc3ccccc3c2)cc1Br. The summed E-state index contributed by atoms with van der Waals surface area (Å²) in [6.45, 7) is 1.99. The highest BCUT2D eigenvalue weighted by Crippen LogP contribution is 2.20. The van der Waals surface area contributed by atoms with Crippen LogP contribution in [0.15, 0.2) is 59.2 Å². The van der Waals surface area contributed by atoms with E-state index >= 15 is 0 Å². The van der Waals surface area contributed by atoms with E-state index in [-0.39, 0.29) is 5.91 Å². The highest BCUT2D eigenvalue weighted by Gasteiger charge is 2.08. The first-order chi connectivity index (χ1) is 10.1. The van der Waals surface area contributed by atoms with Gasteiger partial charge in [0, 0.05) is 15.4 Å². The first kappa shape index (κ1) is 13.8. The number of pyridine rings is 1. The number of halogens is 1. The zero-order valence-electron chi connectivity index (χ0n) is 11.4. The van der Waals surface area contributed by atoms with Crippen molar-refractivity contribution < 1.29 is 4.79 Å². The van der Waals surface area contributed by atoms with E-state index in [2.05, 4.69) is 26.2 Å². The van der Waals surface area contributed by atoms with E-state index in [4.69, 9.17) is 0 Å². The van der Waals surface area contributed by atoms with E-state index in [0.717, 1.165) is 20.9 Å². The van der Waals surface area contributed by atoms with Crippen LogP contribution in [0.2, 0.25) is 0 Å². The van der Waals surface area contributed by atoms with E-state index in [0.29, 0.717) is 11.3 Å². The molecule has 1 N–H and O–H groups in total. The van der Waals surface area contributed by atoms with Crippen LogP contribution >= 0.6 is 15.9 Å². The van der Waals surface area contributed by atoms with Crippen molar-refractivity contribution in [2.75, 3.05) is 5.32 Å². The summed E-state index contributed by atoms with van der Waals surface area (Å²) in [7, 11) is 0. The van der Waals surface area contributed by atoms with Gasteiger partial charge in [-0.15, -0.1) is 0 Å². The van der Waals surface area contributed by atoms with Crippen molar-refractivity contribution in [1.82, 2.24) is 4.98 Å². The molecule has 3 nitrogen and oxygen atoms in total. The molecule has 0 aliphatic carbocycles. The molecule has 21 heavy (non-hydrogen) atoms. The quantitative estimate of drug-likeness (QED) is 0.743. The minimum atomic E-state index is -0.146. The summed E-state index contributed by atoms with van der Waals surface area (Å²) in [5.41, 5.74) is 3.31. The van der Waals surface area contributed by atoms with Gasteiger partial charge < -0.3 is 5.32 Å². The maximum atomic E-state index is 12.3. The van der Waals surface area contributed by atoms with Crippen molar-refractivity contribution >= 4 is 38.4 Å². The maximum Gasteiger partial charge on any atom is 0.255 e. The molecule has 3 rings (SSSR count). The molecule has 0 atom stereocenters. The maximum absolute atomic E-state index is 12.3. The molecular weight excluding hydrogens is 328 g/mol. The standard InChI is InChI=1S/C17H13BrN2O/c1-11-6-7-13(9-15(11)18)17(21)20-14-8-12-4-2-3-5-16(12)19-10-14/h2-10H,1H3,(H,20,21). The predicted octanol–water partition coefficient (Wildman–Crippen LogP) is 4.56. The van der Waals surface area contributed by atoms with Crippen LogP contribution in [-0.2, 0) is 0 Å². The number of carbonyl (C=O) groups is 1. The van der Waals surface area contributed by atoms with E-state index in [9.17, 15) is 4.79 Å². The van der Waals surface area contributed by atoms with Crippen molar-refractivity contribution in [1.29, 1.82) is 0 Å². The first-order valence-electron chi connectivity index (χ1n) is 6.56. The average molecular weight is 341 g/mol. The molecule has 0 unspecified atom stereocenters. The van der Waals surface area contributed by atoms with Crippen molar-refractivity contribution in [3.63, 3.8) is 0 Å². The zero-order valence-corrected chi connectivity index (χ0v) is 13.0. The molecule has 1 amide bonds. The number of hydrogen-bond acceptors (Lipinski definition) is 2. The Hall–Kier alpha value is -2.20. The van der Waals surface area contributed by atoms with Crippen LogP contribution in [-0.4, -0.2) is 10.9 Å². The molecule has 4 heteroatoms. The van der Waals surface area contributed by atoms with Gasteiger partial charge in [-0.3, -0.25) is 9.78 Å². The molecule has 3 aromatic rings. The molecule has 1 aromatic heterocycles. The Morgan fingerprint density at radius 3 is 2.76 bits per heavy atom. The number of aryl methyl sites for hydroxylation is 1. The summed E-state index contributed by atoms with van der Waals surface area (Å²) in [5.74, 6) is -0.146. The van der Waals surface area contributed by atoms with Gasteiger partial charge in [0.25, 0.3) is 5.91 Å². The Balaban J connectivity index is 1.87. The van der Waals surface area contributed by atoms with Gasteiger partial charge in [-0.25, -0.2) is 0 Å². The second-order valence-electron chi connectivity index (χ2n) is 4.83. The fourth-order valence-corrected chi connectivity index (χ4v) is 2.46. The Morgan fingerprint density at radius 1 is 1.14 bits per heavy atom. The molecule has 0 fully saturated rings. The second-order valence-corrected chi connectivity index (χ2v) is 5.69. The van der Waals surface area contributed by atoms with E-state index in [1.165, 1.54) is 0 Å². The molecule has 104 valence electrons. The van der Waals surface area contributed by atoms with Crippen molar-refractivity contribution in [2.45, 2.75) is 6.92 Å². The smallest absolute Gasteiger partial charge is 0.255 e. The number of hydrogen-bond donors (Lipinski definition) is 1. The van der Waals surface area contributed by atoms with Crippen LogP contribution in [0.4, 0.5) is 5.69 Å². The lowest BCUT2D eigenvalue weighted by Crippen LogP contribution is -2.12. The van der Waals surface area contributed by atoms with Gasteiger partial charge >= 0.3 is 0 Å². The van der Waals surface area contributed by atoms with Gasteiger partial charge in [-0.05, 0) is 36.8 Å². The summed E-state index contributed by atoms with van der Waals surface area (Å²) >= 11 is 3.44. The summed E-state index contributed by atoms with van der Waals surface area (Å²) in [6, 6.07) is 15.3. The molecule has 0 saturated carbocycles. The minimum Gasteiger partial charge on any atom is -0.321 e. The number of amides is 1. The van der Waals surface area contributed by atoms with Gasteiger partial charge in [0.1, 0.15) is 0 Å². The van der Waals surface area contributed by atoms with Gasteiger partial charge in [0.2, 0.25) is 0 Å². The van der Waals surface area contributed by atoms with Crippen molar-refractivity contribution in [3.05, 3.63) is 70.3 Å². The number of anilines is 1. The number of aromatic nitrogens is 1. The van der Waals surface area contributed by atoms with Gasteiger partial charge in [-0.2, -0.15) is 0 Å². The first-order valence-corrected chi connectivity index (χ1v) is 7.35. The van der Waals surface area contributed by atoms with Gasteiger partial charge in [-0.1, -0.05) is 40.2 Å². The molecule has 0 radical (unpaired) electrons. The molecule has 1 heterocycles. The fraction of sp³-hybridized carbons (Fsp3) is 0.0588. The largest absolute Gasteiger partial charge is 0.321 e. The lowest BCUT2D eigenvalue weighted by Gasteiger charge is -2.07. The lowest BCUT2D eigenvalue weighted by molar-refractivity contribution is 0.102. The number of fused-ring (bicyclic) bond motifs is 1. The Bertz CT molecular complexity index is 830. The predicted molar refractivity (Wildman–Crippen MR) is 88.6 cm³/mol. The number of para-hydroxylation sites is 1. The average Bonchev–Trinajstić information content (AvgIpc) is 2.50. The molecule has 2 aromatic carbocycles. The van der Waals surface area contributed by atoms with Crippen LogP contribution in [0.1, 0.15) is 15.9 Å². The summed E-state index contributed by atoms with van der Waals surface area (Å²) < 4.78 is 0.923. The van der Waals surface area contributed by atoms with Crippen molar-refractivity contribution in [2.24, 2.45) is 0 Å². The van der Waals surface area contributed by atoms with E-state index in [1.807, 2.05) is 55.5 Å². The molecule has 0 bridgehead atoms. The van der Waals surface area contributed by atoms with Crippen LogP contribution < -0.4 is 5.32 Å². The zero-order chi connectivity index (χ0) is 14.8. The Morgan fingerprint density at radius 2 is 1.95 bits per heavy atom. The summed E-state index contributed by atoms with van der Waals surface area (Å²) in [5, 5.41) is 3.88. The highest BCUT2D eigenvalue weighted by molar-refractivity contribution is 9.10. The third-order valence-electron chi connectivity index (χ3n) is 3.28. The topological polar surface area (TPSA) is 42.0 Å². The van der Waals surface area contributed by atoms with Gasteiger partial charge in [0.05, 0.1) is 17.4 Å². The van der Waals surface area contributed by atoms with Crippen molar-refractivity contribution in [3.8, 4) is 0 Å². The van der Waals surface area contributed by atoms with E-state index < -0.39 is 0 Å². The molecule has 0 aliphatic rings. The number of carbonyl (C=O) groups excluding carboxylic acids is 1.